The lowest BCUT2D eigenvalue weighted by molar-refractivity contribution is -0.137. The highest BCUT2D eigenvalue weighted by atomic mass is 32.1. The van der Waals surface area contributed by atoms with Crippen molar-refractivity contribution in [2.75, 3.05) is 26.7 Å². The summed E-state index contributed by atoms with van der Waals surface area (Å²) in [6, 6.07) is 25.1. The van der Waals surface area contributed by atoms with Gasteiger partial charge in [0.15, 0.2) is 0 Å². The van der Waals surface area contributed by atoms with Crippen molar-refractivity contribution in [2.45, 2.75) is 71.5 Å². The summed E-state index contributed by atoms with van der Waals surface area (Å²) in [4.78, 5) is 70.3. The van der Waals surface area contributed by atoms with E-state index in [0.29, 0.717) is 13.0 Å². The molecule has 318 valence electrons. The highest BCUT2D eigenvalue weighted by Gasteiger charge is 2.36. The number of thiophene rings is 2. The Kier molecular flexibility index (Phi) is 13.8. The number of carbonyl (C=O) groups is 4. The zero-order chi connectivity index (χ0) is 43.0. The molecule has 3 aromatic carbocycles. The zero-order valence-corrected chi connectivity index (χ0v) is 36.7. The summed E-state index contributed by atoms with van der Waals surface area (Å²) in [6.07, 6.45) is 5.55. The molecule has 0 aliphatic carbocycles. The fourth-order valence-corrected chi connectivity index (χ4v) is 10.3. The summed E-state index contributed by atoms with van der Waals surface area (Å²) in [7, 11) is 1.29. The number of likely N-dealkylation sites (tertiary alicyclic amines) is 2. The first-order valence-electron chi connectivity index (χ1n) is 20.9. The van der Waals surface area contributed by atoms with Gasteiger partial charge in [-0.05, 0) is 84.7 Å². The number of ether oxygens (including phenoxy) is 1. The van der Waals surface area contributed by atoms with Crippen molar-refractivity contribution in [1.82, 2.24) is 40.4 Å². The first-order chi connectivity index (χ1) is 29.7. The van der Waals surface area contributed by atoms with Gasteiger partial charge in [-0.3, -0.25) is 14.4 Å². The van der Waals surface area contributed by atoms with Crippen LogP contribution in [0.2, 0.25) is 0 Å². The third-order valence-electron chi connectivity index (χ3n) is 11.0. The van der Waals surface area contributed by atoms with Crippen LogP contribution >= 0.6 is 22.7 Å². The van der Waals surface area contributed by atoms with E-state index in [9.17, 15) is 19.2 Å². The van der Waals surface area contributed by atoms with E-state index in [1.807, 2.05) is 62.9 Å². The molecule has 7 aromatic rings. The van der Waals surface area contributed by atoms with Gasteiger partial charge in [0.25, 0.3) is 0 Å². The van der Waals surface area contributed by atoms with Gasteiger partial charge in [0, 0.05) is 38.8 Å². The number of H-pyrrole nitrogens is 2. The van der Waals surface area contributed by atoms with Crippen molar-refractivity contribution < 1.29 is 23.9 Å². The van der Waals surface area contributed by atoms with Crippen molar-refractivity contribution >= 4 is 78.5 Å². The fourth-order valence-electron chi connectivity index (χ4n) is 7.90. The number of nitrogens with one attached hydrogen (secondary N) is 4. The van der Waals surface area contributed by atoms with Crippen molar-refractivity contribution in [1.29, 1.82) is 0 Å². The summed E-state index contributed by atoms with van der Waals surface area (Å²) >= 11 is 3.60. The Bertz CT molecular complexity index is 2580. The number of imidazole rings is 2. The molecule has 0 spiro atoms. The van der Waals surface area contributed by atoms with Gasteiger partial charge < -0.3 is 35.1 Å². The summed E-state index contributed by atoms with van der Waals surface area (Å²) in [5.41, 5.74) is 6.98. The van der Waals surface area contributed by atoms with E-state index >= 15 is 0 Å². The predicted molar refractivity (Wildman–Crippen MR) is 243 cm³/mol. The van der Waals surface area contributed by atoms with Crippen LogP contribution in [0.3, 0.4) is 0 Å². The average molecular weight is 861 g/mol. The molecule has 3 unspecified atom stereocenters. The molecule has 0 radical (unpaired) electrons. The maximum atomic E-state index is 13.3. The molecule has 2 saturated heterocycles. The lowest BCUT2D eigenvalue weighted by Gasteiger charge is -2.29. The fraction of sp³-hybridized carbons (Fsp3) is 0.348. The van der Waals surface area contributed by atoms with Crippen LogP contribution in [0.25, 0.3) is 52.3 Å². The third-order valence-corrected chi connectivity index (χ3v) is 13.4. The van der Waals surface area contributed by atoms with Crippen LogP contribution in [0, 0.1) is 5.92 Å². The number of alkyl carbamates (subject to hydrolysis) is 1. The van der Waals surface area contributed by atoms with E-state index in [1.165, 1.54) is 31.8 Å². The normalized spacial score (nSPS) is 15.9. The molecule has 15 heteroatoms. The second kappa shape index (κ2) is 19.5. The van der Waals surface area contributed by atoms with E-state index in [0.717, 1.165) is 77.8 Å². The number of aromatic amines is 2. The van der Waals surface area contributed by atoms with Crippen LogP contribution in [-0.2, 0) is 19.1 Å². The van der Waals surface area contributed by atoms with Gasteiger partial charge in [0.1, 0.15) is 17.9 Å². The molecule has 4 amide bonds. The standard InChI is InChI=1S/C30H28N6O2S2.C14H18N2O3.C2H6/c1-16(2)28(33-15-37)30(38)36-9-3-4-23(36)29-34-20-8-6-18(11-22(20)35-29)25-13-27-26(40-25)12-24(39-27)17-5-7-19-21(10-17)32-14-31-19;1-19-14(18)15-12(11-7-3-2-4-8-11)13(17)16-9-5-6-10-16;1-2/h5-8,10-16,23,28H,3-4,9H2,1-2H3,(H,31,32)(H,33,37)(H,34,35);2-4,7-8,12H,5-6,9-10H2,1H3,(H,15,18);1-2H3. The predicted octanol–water partition coefficient (Wildman–Crippen LogP) is 9.22. The number of aromatic nitrogens is 4. The van der Waals surface area contributed by atoms with Crippen LogP contribution in [-0.4, -0.2) is 86.8 Å². The minimum atomic E-state index is -0.674. The number of nitrogens with zero attached hydrogens (tertiary/aromatic N) is 4. The Morgan fingerprint density at radius 3 is 2.13 bits per heavy atom. The van der Waals surface area contributed by atoms with Crippen molar-refractivity contribution in [3.63, 3.8) is 0 Å². The lowest BCUT2D eigenvalue weighted by atomic mass is 10.0. The lowest BCUT2D eigenvalue weighted by Crippen LogP contribution is -2.48. The van der Waals surface area contributed by atoms with Gasteiger partial charge in [0.05, 0.1) is 41.5 Å². The Morgan fingerprint density at radius 1 is 0.836 bits per heavy atom. The van der Waals surface area contributed by atoms with Gasteiger partial charge in [-0.15, -0.1) is 22.7 Å². The first kappa shape index (κ1) is 43.0. The second-order valence-corrected chi connectivity index (χ2v) is 17.3. The Labute approximate surface area is 362 Å². The van der Waals surface area contributed by atoms with E-state index in [2.05, 4.69) is 78.9 Å². The maximum absolute atomic E-state index is 13.3. The summed E-state index contributed by atoms with van der Waals surface area (Å²) in [5.74, 6) is 0.689. The molecule has 2 aliphatic rings. The Balaban J connectivity index is 0.000000225. The maximum Gasteiger partial charge on any atom is 0.407 e. The molecule has 13 nitrogen and oxygen atoms in total. The first-order valence-corrected chi connectivity index (χ1v) is 22.5. The number of hydrogen-bond acceptors (Lipinski definition) is 9. The van der Waals surface area contributed by atoms with E-state index < -0.39 is 18.2 Å². The molecule has 2 fully saturated rings. The van der Waals surface area contributed by atoms with Crippen molar-refractivity contribution in [2.24, 2.45) is 5.92 Å². The smallest absolute Gasteiger partial charge is 0.407 e. The molecule has 3 atom stereocenters. The van der Waals surface area contributed by atoms with E-state index in [1.54, 1.807) is 33.9 Å². The van der Waals surface area contributed by atoms with Crippen LogP contribution < -0.4 is 10.6 Å². The minimum Gasteiger partial charge on any atom is -0.453 e. The number of fused-ring (bicyclic) bond motifs is 3. The molecule has 4 aromatic heterocycles. The number of methoxy groups -OCH3 is 1. The molecule has 4 N–H and O–H groups in total. The number of benzene rings is 3. The van der Waals surface area contributed by atoms with Crippen LogP contribution in [0.15, 0.2) is 85.2 Å². The molecule has 9 rings (SSSR count). The largest absolute Gasteiger partial charge is 0.453 e. The highest BCUT2D eigenvalue weighted by molar-refractivity contribution is 7.31. The summed E-state index contributed by atoms with van der Waals surface area (Å²) in [6.45, 7) is 10.1. The summed E-state index contributed by atoms with van der Waals surface area (Å²) in [5, 5.41) is 5.31. The minimum absolute atomic E-state index is 0.00805. The number of carbonyl (C=O) groups excluding carboxylic acids is 4. The molecule has 2 aliphatic heterocycles. The number of hydrogen-bond donors (Lipinski definition) is 4. The zero-order valence-electron chi connectivity index (χ0n) is 35.1. The van der Waals surface area contributed by atoms with Gasteiger partial charge in [-0.25, -0.2) is 14.8 Å². The number of amides is 4. The molecule has 6 heterocycles. The Morgan fingerprint density at radius 2 is 1.49 bits per heavy atom. The van der Waals surface area contributed by atoms with Crippen LogP contribution in [0.4, 0.5) is 4.79 Å². The molecular weight excluding hydrogens is 809 g/mol. The topological polar surface area (TPSA) is 165 Å². The third kappa shape index (κ3) is 9.47. The Hall–Kier alpha value is -6.06. The van der Waals surface area contributed by atoms with E-state index in [-0.39, 0.29) is 23.8 Å². The number of rotatable bonds is 10. The second-order valence-electron chi connectivity index (χ2n) is 15.1. The van der Waals surface area contributed by atoms with Gasteiger partial charge >= 0.3 is 6.09 Å². The molecular formula is C46H52N8O5S2. The van der Waals surface area contributed by atoms with Gasteiger partial charge in [0.2, 0.25) is 18.2 Å². The van der Waals surface area contributed by atoms with E-state index in [4.69, 9.17) is 4.98 Å². The van der Waals surface area contributed by atoms with Gasteiger partial charge in [-0.1, -0.05) is 70.2 Å². The molecule has 0 saturated carbocycles. The van der Waals surface area contributed by atoms with Crippen molar-refractivity contribution in [3.05, 3.63) is 96.6 Å². The van der Waals surface area contributed by atoms with Crippen LogP contribution in [0.5, 0.6) is 0 Å². The van der Waals surface area contributed by atoms with Gasteiger partial charge in [-0.2, -0.15) is 0 Å². The SMILES string of the molecule is CC.CC(C)C(NC=O)C(=O)N1CCCC1c1nc2ccc(-c3cc4sc(-c5ccc6nc[nH]c6c5)cc4s3)cc2[nH]1.COC(=O)NC(C(=O)N1CCCC1)c1ccccc1. The highest BCUT2D eigenvalue weighted by Crippen LogP contribution is 2.43. The molecule has 0 bridgehead atoms. The molecule has 61 heavy (non-hydrogen) atoms. The monoisotopic (exact) mass is 860 g/mol. The average Bonchev–Trinajstić information content (AvgIpc) is 4.14. The quantitative estimate of drug-likeness (QED) is 0.0996. The van der Waals surface area contributed by atoms with Crippen LogP contribution in [0.1, 0.15) is 76.8 Å². The van der Waals surface area contributed by atoms with Crippen molar-refractivity contribution in [3.8, 4) is 20.9 Å². The summed E-state index contributed by atoms with van der Waals surface area (Å²) < 4.78 is 7.14.